The van der Waals surface area contributed by atoms with Crippen LogP contribution in [-0.2, 0) is 16.4 Å². The van der Waals surface area contributed by atoms with Gasteiger partial charge in [0.15, 0.2) is 5.96 Å². The molecule has 0 saturated heterocycles. The fourth-order valence-electron chi connectivity index (χ4n) is 2.12. The van der Waals surface area contributed by atoms with Crippen molar-refractivity contribution in [2.45, 2.75) is 27.2 Å². The molecule has 0 radical (unpaired) electrons. The maximum absolute atomic E-state index is 12.1. The molecule has 2 N–H and O–H groups in total. The molecule has 23 heavy (non-hydrogen) atoms. The highest BCUT2D eigenvalue weighted by molar-refractivity contribution is 7.89. The molecule has 8 heteroatoms. The van der Waals surface area contributed by atoms with Gasteiger partial charge in [0.25, 0.3) is 0 Å². The van der Waals surface area contributed by atoms with Crippen molar-refractivity contribution in [2.75, 3.05) is 38.5 Å². The molecule has 0 aliphatic carbocycles. The van der Waals surface area contributed by atoms with Gasteiger partial charge in [-0.15, -0.1) is 0 Å². The minimum absolute atomic E-state index is 0.0173. The monoisotopic (exact) mass is 344 g/mol. The Hall–Kier alpha value is -1.54. The van der Waals surface area contributed by atoms with Gasteiger partial charge < -0.3 is 15.1 Å². The van der Waals surface area contributed by atoms with Crippen molar-refractivity contribution in [3.63, 3.8) is 0 Å². The molecule has 0 fully saturated rings. The number of hydrogen-bond donors (Lipinski definition) is 2. The molecule has 0 atom stereocenters. The normalized spacial score (nSPS) is 12.6. The highest BCUT2D eigenvalue weighted by Crippen LogP contribution is 2.01. The number of hydrogen-bond acceptors (Lipinski definition) is 4. The maximum atomic E-state index is 12.1. The van der Waals surface area contributed by atoms with Crippen LogP contribution < -0.4 is 10.6 Å². The topological polar surface area (TPSA) is 86.9 Å². The summed E-state index contributed by atoms with van der Waals surface area (Å²) in [6.07, 6.45) is 2.39. The van der Waals surface area contributed by atoms with Gasteiger partial charge in [-0.2, -0.15) is 0 Å². The molecule has 1 rings (SSSR count). The van der Waals surface area contributed by atoms with E-state index in [0.29, 0.717) is 25.6 Å². The SMILES string of the molecule is CCNC(=NCCS(=O)(=O)N(CC)CC)NCCc1ccco1. The number of sulfonamides is 1. The Morgan fingerprint density at radius 3 is 2.57 bits per heavy atom. The molecule has 0 saturated carbocycles. The average Bonchev–Trinajstić information content (AvgIpc) is 3.01. The van der Waals surface area contributed by atoms with Crippen molar-refractivity contribution in [1.82, 2.24) is 14.9 Å². The first-order valence-corrected chi connectivity index (χ1v) is 9.66. The number of rotatable bonds is 10. The van der Waals surface area contributed by atoms with Crippen molar-refractivity contribution < 1.29 is 12.8 Å². The van der Waals surface area contributed by atoms with E-state index in [1.807, 2.05) is 32.9 Å². The van der Waals surface area contributed by atoms with Gasteiger partial charge in [-0.05, 0) is 19.1 Å². The van der Waals surface area contributed by atoms with E-state index in [2.05, 4.69) is 15.6 Å². The molecule has 1 heterocycles. The van der Waals surface area contributed by atoms with E-state index in [-0.39, 0.29) is 12.3 Å². The second-order valence-electron chi connectivity index (χ2n) is 4.92. The van der Waals surface area contributed by atoms with Crippen molar-refractivity contribution in [3.05, 3.63) is 24.2 Å². The Bertz CT molecular complexity index is 551. The Balaban J connectivity index is 2.47. The van der Waals surface area contributed by atoms with Crippen molar-refractivity contribution in [3.8, 4) is 0 Å². The minimum Gasteiger partial charge on any atom is -0.469 e. The van der Waals surface area contributed by atoms with E-state index in [1.165, 1.54) is 4.31 Å². The number of guanidine groups is 1. The van der Waals surface area contributed by atoms with Gasteiger partial charge in [0.2, 0.25) is 10.0 Å². The van der Waals surface area contributed by atoms with Crippen LogP contribution in [-0.4, -0.2) is 57.2 Å². The second-order valence-corrected chi connectivity index (χ2v) is 7.01. The summed E-state index contributed by atoms with van der Waals surface area (Å²) in [4.78, 5) is 4.33. The van der Waals surface area contributed by atoms with E-state index in [9.17, 15) is 8.42 Å². The lowest BCUT2D eigenvalue weighted by Crippen LogP contribution is -2.39. The van der Waals surface area contributed by atoms with Crippen LogP contribution in [0, 0.1) is 0 Å². The lowest BCUT2D eigenvalue weighted by Gasteiger charge is -2.17. The van der Waals surface area contributed by atoms with E-state index in [1.54, 1.807) is 6.26 Å². The van der Waals surface area contributed by atoms with Crippen LogP contribution in [0.4, 0.5) is 0 Å². The lowest BCUT2D eigenvalue weighted by molar-refractivity contribution is 0.445. The summed E-state index contributed by atoms with van der Waals surface area (Å²) in [6, 6.07) is 3.77. The summed E-state index contributed by atoms with van der Waals surface area (Å²) < 4.78 is 30.9. The maximum Gasteiger partial charge on any atom is 0.215 e. The summed E-state index contributed by atoms with van der Waals surface area (Å²) in [7, 11) is -3.23. The quantitative estimate of drug-likeness (QED) is 0.489. The van der Waals surface area contributed by atoms with E-state index >= 15 is 0 Å². The van der Waals surface area contributed by atoms with Crippen molar-refractivity contribution in [1.29, 1.82) is 0 Å². The third-order valence-corrected chi connectivity index (χ3v) is 5.31. The first-order valence-electron chi connectivity index (χ1n) is 8.05. The molecule has 0 aliphatic heterocycles. The Labute approximate surface area is 139 Å². The smallest absolute Gasteiger partial charge is 0.215 e. The highest BCUT2D eigenvalue weighted by atomic mass is 32.2. The summed E-state index contributed by atoms with van der Waals surface area (Å²) in [6.45, 7) is 8.24. The summed E-state index contributed by atoms with van der Waals surface area (Å²) in [5.74, 6) is 1.54. The number of furan rings is 1. The highest BCUT2D eigenvalue weighted by Gasteiger charge is 2.17. The summed E-state index contributed by atoms with van der Waals surface area (Å²) in [5.41, 5.74) is 0. The first kappa shape index (κ1) is 19.5. The predicted octanol–water partition coefficient (Wildman–Crippen LogP) is 1.05. The molecular formula is C15H28N4O3S. The molecule has 0 bridgehead atoms. The largest absolute Gasteiger partial charge is 0.469 e. The van der Waals surface area contributed by atoms with Gasteiger partial charge in [-0.1, -0.05) is 13.8 Å². The standard InChI is InChI=1S/C15H28N4O3S/c1-4-16-15(17-10-9-14-8-7-12-22-14)18-11-13-23(20,21)19(5-2)6-3/h7-8,12H,4-6,9-11,13H2,1-3H3,(H2,16,17,18). The lowest BCUT2D eigenvalue weighted by atomic mass is 10.3. The van der Waals surface area contributed by atoms with E-state index in [4.69, 9.17) is 4.42 Å². The minimum atomic E-state index is -3.23. The van der Waals surface area contributed by atoms with Crippen LogP contribution in [0.15, 0.2) is 27.8 Å². The molecule has 0 spiro atoms. The zero-order chi connectivity index (χ0) is 17.1. The molecule has 0 unspecified atom stereocenters. The van der Waals surface area contributed by atoms with E-state index in [0.717, 1.165) is 18.7 Å². The summed E-state index contributed by atoms with van der Waals surface area (Å²) >= 11 is 0. The first-order chi connectivity index (χ1) is 11.0. The number of aliphatic imine (C=N–C) groups is 1. The van der Waals surface area contributed by atoms with Crippen LogP contribution in [0.25, 0.3) is 0 Å². The molecule has 132 valence electrons. The van der Waals surface area contributed by atoms with Gasteiger partial charge in [0, 0.05) is 32.6 Å². The third-order valence-electron chi connectivity index (χ3n) is 3.31. The van der Waals surface area contributed by atoms with Gasteiger partial charge >= 0.3 is 0 Å². The third kappa shape index (κ3) is 7.04. The molecule has 0 aliphatic rings. The van der Waals surface area contributed by atoms with Crippen LogP contribution in [0.1, 0.15) is 26.5 Å². The average molecular weight is 344 g/mol. The Morgan fingerprint density at radius 1 is 1.26 bits per heavy atom. The van der Waals surface area contributed by atoms with Crippen LogP contribution in [0.3, 0.4) is 0 Å². The predicted molar refractivity (Wildman–Crippen MR) is 93.1 cm³/mol. The molecule has 7 nitrogen and oxygen atoms in total. The van der Waals surface area contributed by atoms with Crippen LogP contribution in [0.2, 0.25) is 0 Å². The number of nitrogens with zero attached hydrogens (tertiary/aromatic N) is 2. The molecule has 0 aromatic carbocycles. The zero-order valence-electron chi connectivity index (χ0n) is 14.2. The van der Waals surface area contributed by atoms with Gasteiger partial charge in [0.1, 0.15) is 5.76 Å². The zero-order valence-corrected chi connectivity index (χ0v) is 15.0. The Kier molecular flexibility index (Phi) is 8.71. The van der Waals surface area contributed by atoms with Gasteiger partial charge in [0.05, 0.1) is 18.6 Å². The van der Waals surface area contributed by atoms with Crippen LogP contribution >= 0.6 is 0 Å². The molecular weight excluding hydrogens is 316 g/mol. The molecule has 1 aromatic rings. The van der Waals surface area contributed by atoms with Crippen molar-refractivity contribution >= 4 is 16.0 Å². The van der Waals surface area contributed by atoms with Crippen molar-refractivity contribution in [2.24, 2.45) is 4.99 Å². The van der Waals surface area contributed by atoms with Gasteiger partial charge in [-0.25, -0.2) is 12.7 Å². The molecule has 0 amide bonds. The van der Waals surface area contributed by atoms with E-state index < -0.39 is 10.0 Å². The fraction of sp³-hybridized carbons (Fsp3) is 0.667. The molecule has 1 aromatic heterocycles. The summed E-state index contributed by atoms with van der Waals surface area (Å²) in [5, 5.41) is 6.28. The number of nitrogens with one attached hydrogen (secondary N) is 2. The van der Waals surface area contributed by atoms with Crippen LogP contribution in [0.5, 0.6) is 0 Å². The Morgan fingerprint density at radius 2 is 2.00 bits per heavy atom. The van der Waals surface area contributed by atoms with Gasteiger partial charge in [-0.3, -0.25) is 4.99 Å². The second kappa shape index (κ2) is 10.3. The fourth-order valence-corrected chi connectivity index (χ4v) is 3.49.